The number of hydrogen-bond donors (Lipinski definition) is 2. The van der Waals surface area contributed by atoms with Gasteiger partial charge in [-0.1, -0.05) is 103 Å². The Kier molecular flexibility index (Phi) is 10.6. The van der Waals surface area contributed by atoms with Gasteiger partial charge in [0.05, 0.1) is 34.3 Å². The molecule has 2 N–H and O–H groups in total. The van der Waals surface area contributed by atoms with Crippen LogP contribution in [0.5, 0.6) is 0 Å². The summed E-state index contributed by atoms with van der Waals surface area (Å²) in [5.74, 6) is 0. The van der Waals surface area contributed by atoms with Crippen LogP contribution >= 0.6 is 0 Å². The molecule has 4 aliphatic heterocycles. The average Bonchev–Trinajstić information content (AvgIpc) is 4.32. The molecule has 4 aliphatic rings. The molecular weight excluding hydrogens is 881 g/mol. The number of aliphatic imine (C=N–C) groups is 2. The zero-order valence-electron chi connectivity index (χ0n) is 38.9. The lowest BCUT2D eigenvalue weighted by Gasteiger charge is -2.40. The second-order valence-electron chi connectivity index (χ2n) is 18.1. The van der Waals surface area contributed by atoms with E-state index in [0.717, 1.165) is 118 Å². The molecule has 0 saturated carbocycles. The van der Waals surface area contributed by atoms with Gasteiger partial charge in [0.1, 0.15) is 0 Å². The van der Waals surface area contributed by atoms with E-state index >= 15 is 0 Å². The first-order chi connectivity index (χ1) is 35.6. The lowest BCUT2D eigenvalue weighted by Crippen LogP contribution is -2.51. The number of nitrogens with one attached hydrogen (secondary N) is 2. The van der Waals surface area contributed by atoms with Crippen LogP contribution in [0.25, 0.3) is 61.7 Å². The second-order valence-corrected chi connectivity index (χ2v) is 18.1. The summed E-state index contributed by atoms with van der Waals surface area (Å²) >= 11 is 0. The Morgan fingerprint density at radius 3 is 1.32 bits per heavy atom. The summed E-state index contributed by atoms with van der Waals surface area (Å²) in [5, 5.41) is 4.15. The van der Waals surface area contributed by atoms with Crippen LogP contribution in [0.15, 0.2) is 271 Å². The van der Waals surface area contributed by atoms with E-state index in [1.54, 1.807) is 0 Å². The van der Waals surface area contributed by atoms with Gasteiger partial charge in [-0.05, 0) is 164 Å². The number of rotatable bonds is 8. The minimum absolute atomic E-state index is 0.311. The summed E-state index contributed by atoms with van der Waals surface area (Å²) in [6, 6.07) is 55.8. The van der Waals surface area contributed by atoms with Crippen LogP contribution in [-0.2, 0) is 5.41 Å². The van der Waals surface area contributed by atoms with Crippen molar-refractivity contribution in [3.63, 3.8) is 0 Å². The second kappa shape index (κ2) is 18.0. The topological polar surface area (TPSA) is 104 Å². The van der Waals surface area contributed by atoms with Gasteiger partial charge in [0, 0.05) is 77.8 Å². The van der Waals surface area contributed by atoms with Gasteiger partial charge in [0.15, 0.2) is 0 Å². The predicted molar refractivity (Wildman–Crippen MR) is 290 cm³/mol. The molecule has 1 unspecified atom stereocenters. The number of aromatic amines is 1. The number of nitrogens with zero attached hydrogens (tertiary/aromatic N) is 6. The number of allylic oxidation sites excluding steroid dienone is 6. The maximum atomic E-state index is 5.83. The molecule has 5 aromatic heterocycles. The Morgan fingerprint density at radius 2 is 0.819 bits per heavy atom. The molecule has 8 bridgehead atoms. The number of hydrogen-bond acceptors (Lipinski definition) is 7. The van der Waals surface area contributed by atoms with Crippen LogP contribution in [0.4, 0.5) is 0 Å². The van der Waals surface area contributed by atoms with Gasteiger partial charge >= 0.3 is 0 Å². The molecule has 9 heterocycles. The third-order valence-electron chi connectivity index (χ3n) is 14.1. The molecule has 8 nitrogen and oxygen atoms in total. The number of fused-ring (bicyclic) bond motifs is 6. The minimum atomic E-state index is -0.868. The van der Waals surface area contributed by atoms with Gasteiger partial charge in [-0.3, -0.25) is 24.9 Å². The van der Waals surface area contributed by atoms with Crippen molar-refractivity contribution >= 4 is 28.6 Å². The average molecular weight is 925 g/mol. The molecule has 1 atom stereocenters. The Labute approximate surface area is 417 Å². The number of aromatic nitrogens is 5. The fourth-order valence-electron chi connectivity index (χ4n) is 10.5. The van der Waals surface area contributed by atoms with E-state index in [2.05, 4.69) is 206 Å². The van der Waals surface area contributed by atoms with Crippen molar-refractivity contribution in [1.82, 2.24) is 30.2 Å². The fourth-order valence-corrected chi connectivity index (χ4v) is 10.5. The highest BCUT2D eigenvalue weighted by Gasteiger charge is 2.48. The van der Waals surface area contributed by atoms with Crippen molar-refractivity contribution in [2.24, 2.45) is 9.98 Å². The van der Waals surface area contributed by atoms with Gasteiger partial charge in [-0.25, -0.2) is 4.99 Å². The molecule has 9 aromatic rings. The van der Waals surface area contributed by atoms with E-state index in [1.807, 2.05) is 73.8 Å². The molecular formula is C64H44N8. The van der Waals surface area contributed by atoms with Crippen molar-refractivity contribution in [3.8, 4) is 44.5 Å². The molecule has 0 fully saturated rings. The highest BCUT2D eigenvalue weighted by Crippen LogP contribution is 2.46. The summed E-state index contributed by atoms with van der Waals surface area (Å²) in [6.45, 7) is 0. The maximum Gasteiger partial charge on any atom is 0.0861 e. The highest BCUT2D eigenvalue weighted by atomic mass is 15.0. The normalized spacial score (nSPS) is 16.4. The summed E-state index contributed by atoms with van der Waals surface area (Å²) in [5.41, 5.74) is 20.6. The summed E-state index contributed by atoms with van der Waals surface area (Å²) in [4.78, 5) is 32.1. The molecule has 340 valence electrons. The molecule has 0 saturated heterocycles. The molecule has 8 heteroatoms. The molecule has 0 amide bonds. The Morgan fingerprint density at radius 1 is 0.375 bits per heavy atom. The summed E-state index contributed by atoms with van der Waals surface area (Å²) < 4.78 is 0. The van der Waals surface area contributed by atoms with Crippen LogP contribution < -0.4 is 5.32 Å². The zero-order valence-corrected chi connectivity index (χ0v) is 38.9. The van der Waals surface area contributed by atoms with Crippen molar-refractivity contribution in [2.45, 2.75) is 11.5 Å². The van der Waals surface area contributed by atoms with Crippen LogP contribution in [0, 0.1) is 0 Å². The van der Waals surface area contributed by atoms with Gasteiger partial charge in [0.25, 0.3) is 0 Å². The van der Waals surface area contributed by atoms with Crippen molar-refractivity contribution < 1.29 is 0 Å². The van der Waals surface area contributed by atoms with E-state index in [9.17, 15) is 0 Å². The largest absolute Gasteiger partial charge is 0.377 e. The van der Waals surface area contributed by atoms with Crippen molar-refractivity contribution in [2.75, 3.05) is 0 Å². The smallest absolute Gasteiger partial charge is 0.0861 e. The van der Waals surface area contributed by atoms with Gasteiger partial charge < -0.3 is 10.3 Å². The molecule has 4 aromatic carbocycles. The highest BCUT2D eigenvalue weighted by molar-refractivity contribution is 6.32. The zero-order chi connectivity index (χ0) is 47.8. The number of pyridine rings is 4. The standard InChI is InChI=1S/C64H44N8/c1-5-50(6-2-42(1)46-25-33-65-34-26-46)62-56-19-17-54(69-56)41-55-18-20-57(70-55)63(51-7-3-43(4-8-51)47-27-35-66-36-28-47)59-22-24-61(72-59)64(60-23-21-58(62)71-60,52-13-9-44(10-14-52)48-29-37-67-38-30-48)53-15-11-45(12-16-53)49-31-39-68-40-32-49/h1-41,60,70-71H. The lowest BCUT2D eigenvalue weighted by molar-refractivity contribution is 0.548. The van der Waals surface area contributed by atoms with E-state index in [0.29, 0.717) is 0 Å². The molecule has 0 aliphatic carbocycles. The van der Waals surface area contributed by atoms with Crippen molar-refractivity contribution in [3.05, 3.63) is 294 Å². The van der Waals surface area contributed by atoms with E-state index < -0.39 is 5.41 Å². The van der Waals surface area contributed by atoms with Crippen molar-refractivity contribution in [1.29, 1.82) is 0 Å². The summed E-state index contributed by atoms with van der Waals surface area (Å²) in [7, 11) is 0. The molecule has 72 heavy (non-hydrogen) atoms. The third kappa shape index (κ3) is 7.68. The van der Waals surface area contributed by atoms with E-state index in [1.165, 1.54) is 0 Å². The van der Waals surface area contributed by atoms with Crippen LogP contribution in [0.3, 0.4) is 0 Å². The van der Waals surface area contributed by atoms with Gasteiger partial charge in [-0.2, -0.15) is 0 Å². The van der Waals surface area contributed by atoms with Crippen LogP contribution in [0.1, 0.15) is 33.6 Å². The Hall–Kier alpha value is -9.66. The Balaban J connectivity index is 1.05. The lowest BCUT2D eigenvalue weighted by atomic mass is 9.65. The molecule has 0 radical (unpaired) electrons. The third-order valence-corrected chi connectivity index (χ3v) is 14.1. The fraction of sp³-hybridized carbons (Fsp3) is 0.0312. The maximum absolute atomic E-state index is 5.83. The first kappa shape index (κ1) is 42.4. The Bertz CT molecular complexity index is 3670. The van der Waals surface area contributed by atoms with Crippen LogP contribution in [0.2, 0.25) is 0 Å². The minimum Gasteiger partial charge on any atom is -0.377 e. The SMILES string of the molecule is C1=CC2=NC1=Cc1ccc([nH]1)C(c1ccc(-c3ccncc3)cc1)=C1C=CC(=N1)C(c1ccc(-c3ccncc3)cc1)(c1ccc(-c3ccncc3)cc1)C1C=CC(=C2c2ccc(-c3ccncc3)cc2)N1. The number of benzene rings is 4. The number of H-pyrrole nitrogens is 1. The first-order valence-corrected chi connectivity index (χ1v) is 24.1. The first-order valence-electron chi connectivity index (χ1n) is 24.1. The van der Waals surface area contributed by atoms with Gasteiger partial charge in [0.2, 0.25) is 0 Å². The van der Waals surface area contributed by atoms with Crippen LogP contribution in [-0.4, -0.2) is 42.4 Å². The van der Waals surface area contributed by atoms with Gasteiger partial charge in [-0.15, -0.1) is 0 Å². The molecule has 0 spiro atoms. The monoisotopic (exact) mass is 924 g/mol. The summed E-state index contributed by atoms with van der Waals surface area (Å²) in [6.07, 6.45) is 30.0. The quantitative estimate of drug-likeness (QED) is 0.158. The van der Waals surface area contributed by atoms with E-state index in [-0.39, 0.29) is 6.04 Å². The molecule has 13 rings (SSSR count). The predicted octanol–water partition coefficient (Wildman–Crippen LogP) is 13.3. The van der Waals surface area contributed by atoms with E-state index in [4.69, 9.17) is 9.98 Å².